The van der Waals surface area contributed by atoms with Crippen LogP contribution < -0.4 is 0 Å². The van der Waals surface area contributed by atoms with Gasteiger partial charge in [0.1, 0.15) is 0 Å². The molecule has 0 bridgehead atoms. The molecular weight excluding hydrogens is 94.9 g/mol. The zero-order valence-corrected chi connectivity index (χ0v) is 5.56. The van der Waals surface area contributed by atoms with Crippen molar-refractivity contribution in [1.29, 1.82) is 0 Å². The van der Waals surface area contributed by atoms with E-state index in [1.165, 1.54) is 25.7 Å². The molecule has 0 nitrogen and oxygen atoms in total. The van der Waals surface area contributed by atoms with Gasteiger partial charge in [-0.05, 0) is 5.92 Å². The van der Waals surface area contributed by atoms with Crippen LogP contribution in [0.4, 0.5) is 0 Å². The highest BCUT2D eigenvalue weighted by Crippen LogP contribution is 2.31. The van der Waals surface area contributed by atoms with E-state index in [2.05, 4.69) is 6.92 Å². The Kier molecular flexibility index (Phi) is 1.98. The summed E-state index contributed by atoms with van der Waals surface area (Å²) in [5, 5.41) is 0. The highest BCUT2D eigenvalue weighted by Gasteiger charge is 2.15. The third-order valence-electron chi connectivity index (χ3n) is 2.18. The summed E-state index contributed by atoms with van der Waals surface area (Å²) in [6, 6.07) is 0. The van der Waals surface area contributed by atoms with Crippen LogP contribution in [0, 0.1) is 5.92 Å². The molecule has 0 saturated heterocycles. The Labute approximate surface area is 53.1 Å². The van der Waals surface area contributed by atoms with Crippen LogP contribution in [0.3, 0.4) is 0 Å². The minimum absolute atomic E-state index is 0.503. The predicted octanol–water partition coefficient (Wildman–Crippen LogP) is 2.15. The fourth-order valence-corrected chi connectivity index (χ4v) is 1.34. The lowest BCUT2D eigenvalue weighted by Gasteiger charge is -2.24. The molecule has 1 rings (SSSR count). The molecule has 1 fully saturated rings. The van der Waals surface area contributed by atoms with Gasteiger partial charge in [-0.1, -0.05) is 38.4 Å². The maximum atomic E-state index is 5.78. The summed E-state index contributed by atoms with van der Waals surface area (Å²) in [5.41, 5.74) is 0. The van der Waals surface area contributed by atoms with Crippen LogP contribution in [-0.4, -0.2) is 7.85 Å². The van der Waals surface area contributed by atoms with Crippen LogP contribution in [0.1, 0.15) is 32.6 Å². The average Bonchev–Trinajstić information content (AvgIpc) is 1.77. The summed E-state index contributed by atoms with van der Waals surface area (Å²) in [5.74, 6) is 1.28. The molecule has 0 spiro atoms. The van der Waals surface area contributed by atoms with Gasteiger partial charge in [0.05, 0.1) is 7.85 Å². The Balaban J connectivity index is 2.28. The molecule has 0 aromatic rings. The van der Waals surface area contributed by atoms with Crippen LogP contribution in [0.5, 0.6) is 0 Å². The largest absolute Gasteiger partial charge is 0.0749 e. The van der Waals surface area contributed by atoms with Crippen molar-refractivity contribution in [1.82, 2.24) is 0 Å². The Morgan fingerprint density at radius 2 is 1.88 bits per heavy atom. The van der Waals surface area contributed by atoms with Crippen LogP contribution in [0.15, 0.2) is 0 Å². The molecule has 8 heavy (non-hydrogen) atoms. The summed E-state index contributed by atoms with van der Waals surface area (Å²) >= 11 is 0. The molecule has 0 aromatic heterocycles. The third-order valence-corrected chi connectivity index (χ3v) is 2.18. The van der Waals surface area contributed by atoms with Gasteiger partial charge in [0.2, 0.25) is 0 Å². The van der Waals surface area contributed by atoms with Gasteiger partial charge in [-0.15, -0.1) is 0 Å². The van der Waals surface area contributed by atoms with E-state index in [-0.39, 0.29) is 0 Å². The zero-order valence-electron chi connectivity index (χ0n) is 5.56. The molecule has 1 aliphatic rings. The average molecular weight is 108 g/mol. The van der Waals surface area contributed by atoms with E-state index in [0.29, 0.717) is 5.82 Å². The molecule has 1 aliphatic carbocycles. The molecule has 1 unspecified atom stereocenters. The molecule has 44 valence electrons. The van der Waals surface area contributed by atoms with Gasteiger partial charge < -0.3 is 0 Å². The van der Waals surface area contributed by atoms with Crippen molar-refractivity contribution in [3.05, 3.63) is 0 Å². The van der Waals surface area contributed by atoms with E-state index in [4.69, 9.17) is 7.85 Å². The molecule has 0 N–H and O–H groups in total. The number of hydrogen-bond acceptors (Lipinski definition) is 0. The molecule has 2 radical (unpaired) electrons. The Morgan fingerprint density at radius 3 is 2.25 bits per heavy atom. The fraction of sp³-hybridized carbons (Fsp3) is 1.00. The molecule has 0 heterocycles. The van der Waals surface area contributed by atoms with Gasteiger partial charge in [0, 0.05) is 0 Å². The Hall–Kier alpha value is 0.0649. The molecule has 1 saturated carbocycles. The predicted molar refractivity (Wildman–Crippen MR) is 37.1 cm³/mol. The summed E-state index contributed by atoms with van der Waals surface area (Å²) < 4.78 is 0. The van der Waals surface area contributed by atoms with Crippen molar-refractivity contribution in [3.8, 4) is 0 Å². The van der Waals surface area contributed by atoms with Crippen molar-refractivity contribution in [2.24, 2.45) is 5.92 Å². The Bertz CT molecular complexity index is 60.8. The Morgan fingerprint density at radius 1 is 1.25 bits per heavy atom. The topological polar surface area (TPSA) is 0 Å². The maximum Gasteiger partial charge on any atom is 0.0703 e. The first-order chi connectivity index (χ1) is 3.80. The standard InChI is InChI=1S/C7H13B/c1-6-4-2-3-5-7(6)8/h6-7H,2-5H2,1H3/t6-,7?/m0/s1. The smallest absolute Gasteiger partial charge is 0.0703 e. The van der Waals surface area contributed by atoms with Crippen molar-refractivity contribution < 1.29 is 0 Å². The molecule has 0 aromatic carbocycles. The molecule has 2 atom stereocenters. The highest BCUT2D eigenvalue weighted by molar-refractivity contribution is 6.11. The quantitative estimate of drug-likeness (QED) is 0.417. The van der Waals surface area contributed by atoms with Crippen LogP contribution in [0.2, 0.25) is 5.82 Å². The summed E-state index contributed by atoms with van der Waals surface area (Å²) in [6.07, 6.45) is 5.35. The lowest BCUT2D eigenvalue weighted by molar-refractivity contribution is 0.386. The monoisotopic (exact) mass is 108 g/mol. The van der Waals surface area contributed by atoms with E-state index in [0.717, 1.165) is 5.92 Å². The van der Waals surface area contributed by atoms with Crippen LogP contribution in [0.25, 0.3) is 0 Å². The zero-order chi connectivity index (χ0) is 5.98. The van der Waals surface area contributed by atoms with E-state index >= 15 is 0 Å². The summed E-state index contributed by atoms with van der Waals surface area (Å²) in [4.78, 5) is 0. The number of hydrogen-bond donors (Lipinski definition) is 0. The second kappa shape index (κ2) is 2.57. The second-order valence-corrected chi connectivity index (χ2v) is 2.93. The van der Waals surface area contributed by atoms with Gasteiger partial charge in [-0.3, -0.25) is 0 Å². The lowest BCUT2D eigenvalue weighted by atomic mass is 9.69. The molecule has 0 amide bonds. The van der Waals surface area contributed by atoms with E-state index < -0.39 is 0 Å². The third kappa shape index (κ3) is 1.27. The summed E-state index contributed by atoms with van der Waals surface area (Å²) in [7, 11) is 5.78. The van der Waals surface area contributed by atoms with Crippen molar-refractivity contribution in [2.75, 3.05) is 0 Å². The van der Waals surface area contributed by atoms with Crippen molar-refractivity contribution in [2.45, 2.75) is 38.4 Å². The second-order valence-electron chi connectivity index (χ2n) is 2.93. The maximum absolute atomic E-state index is 5.78. The van der Waals surface area contributed by atoms with Crippen molar-refractivity contribution >= 4 is 7.85 Å². The fourth-order valence-electron chi connectivity index (χ4n) is 1.34. The molecular formula is C7H13B. The van der Waals surface area contributed by atoms with Gasteiger partial charge in [0.25, 0.3) is 0 Å². The normalized spacial score (nSPS) is 39.6. The SMILES string of the molecule is [B]C1CCCC[C@@H]1C. The van der Waals surface area contributed by atoms with Gasteiger partial charge >= 0.3 is 0 Å². The minimum Gasteiger partial charge on any atom is -0.0749 e. The first-order valence-corrected chi connectivity index (χ1v) is 3.56. The van der Waals surface area contributed by atoms with Crippen molar-refractivity contribution in [3.63, 3.8) is 0 Å². The van der Waals surface area contributed by atoms with Crippen LogP contribution >= 0.6 is 0 Å². The first kappa shape index (κ1) is 6.19. The molecule has 0 aliphatic heterocycles. The lowest BCUT2D eigenvalue weighted by Crippen LogP contribution is -2.10. The van der Waals surface area contributed by atoms with E-state index in [9.17, 15) is 0 Å². The van der Waals surface area contributed by atoms with Crippen LogP contribution in [-0.2, 0) is 0 Å². The minimum atomic E-state index is 0.503. The van der Waals surface area contributed by atoms with E-state index in [1.54, 1.807) is 0 Å². The highest BCUT2D eigenvalue weighted by atomic mass is 14.2. The van der Waals surface area contributed by atoms with Gasteiger partial charge in [-0.25, -0.2) is 0 Å². The number of rotatable bonds is 0. The van der Waals surface area contributed by atoms with Gasteiger partial charge in [0.15, 0.2) is 0 Å². The van der Waals surface area contributed by atoms with E-state index in [1.807, 2.05) is 0 Å². The molecule has 1 heteroatoms. The first-order valence-electron chi connectivity index (χ1n) is 3.56. The summed E-state index contributed by atoms with van der Waals surface area (Å²) in [6.45, 7) is 2.25. The van der Waals surface area contributed by atoms with Gasteiger partial charge in [-0.2, -0.15) is 0 Å².